The minimum Gasteiger partial charge on any atom is -0.451 e. The van der Waals surface area contributed by atoms with Gasteiger partial charge in [0.2, 0.25) is 0 Å². The summed E-state index contributed by atoms with van der Waals surface area (Å²) in [5, 5.41) is 14.3. The summed E-state index contributed by atoms with van der Waals surface area (Å²) in [6.07, 6.45) is -5.42. The monoisotopic (exact) mass is 449 g/mol. The van der Waals surface area contributed by atoms with Crippen LogP contribution in [0.1, 0.15) is 38.1 Å². The van der Waals surface area contributed by atoms with Crippen LogP contribution in [0.15, 0.2) is 0 Å². The molecule has 1 saturated heterocycles. The van der Waals surface area contributed by atoms with Crippen molar-refractivity contribution in [2.24, 2.45) is 0 Å². The Morgan fingerprint density at radius 1 is 1.29 bits per heavy atom. The van der Waals surface area contributed by atoms with Crippen molar-refractivity contribution in [1.29, 1.82) is 0 Å². The predicted octanol–water partition coefficient (Wildman–Crippen LogP) is 2.17. The van der Waals surface area contributed by atoms with Crippen molar-refractivity contribution in [1.82, 2.24) is 30.2 Å². The Morgan fingerprint density at radius 3 is 2.65 bits per heavy atom. The first-order valence-corrected chi connectivity index (χ1v) is 9.58. The number of halogens is 5. The van der Waals surface area contributed by atoms with E-state index >= 15 is 0 Å². The molecule has 2 aromatic rings. The number of anilines is 3. The van der Waals surface area contributed by atoms with E-state index in [1.807, 2.05) is 0 Å². The summed E-state index contributed by atoms with van der Waals surface area (Å²) >= 11 is 0. The third kappa shape index (κ3) is 4.69. The molecular formula is C16H20F5N9O. The van der Waals surface area contributed by atoms with Gasteiger partial charge in [0.05, 0.1) is 19.1 Å². The summed E-state index contributed by atoms with van der Waals surface area (Å²) in [7, 11) is 0. The van der Waals surface area contributed by atoms with E-state index in [1.165, 1.54) is 4.90 Å². The molecular weight excluding hydrogens is 429 g/mol. The molecule has 15 heteroatoms. The Morgan fingerprint density at radius 2 is 2.03 bits per heavy atom. The molecule has 1 aliphatic heterocycles. The van der Waals surface area contributed by atoms with Crippen molar-refractivity contribution in [3.05, 3.63) is 5.82 Å². The highest BCUT2D eigenvalue weighted by atomic mass is 19.4. The zero-order valence-corrected chi connectivity index (χ0v) is 16.4. The summed E-state index contributed by atoms with van der Waals surface area (Å²) in [6, 6.07) is -0.433. The number of tetrazole rings is 1. The van der Waals surface area contributed by atoms with Crippen molar-refractivity contribution in [3.63, 3.8) is 0 Å². The van der Waals surface area contributed by atoms with Gasteiger partial charge in [-0.05, 0) is 30.2 Å². The fourth-order valence-corrected chi connectivity index (χ4v) is 3.10. The fraction of sp³-hybridized carbons (Fsp3) is 0.688. The third-order valence-corrected chi connectivity index (χ3v) is 4.99. The van der Waals surface area contributed by atoms with E-state index in [9.17, 15) is 22.0 Å². The van der Waals surface area contributed by atoms with Crippen LogP contribution in [-0.2, 0) is 6.54 Å². The minimum atomic E-state index is -4.66. The first-order valence-electron chi connectivity index (χ1n) is 9.58. The van der Waals surface area contributed by atoms with Crippen LogP contribution in [0.4, 0.5) is 39.3 Å². The molecule has 3 N–H and O–H groups in total. The first-order chi connectivity index (χ1) is 14.5. The molecule has 31 heavy (non-hydrogen) atoms. The second kappa shape index (κ2) is 7.60. The highest BCUT2D eigenvalue weighted by Gasteiger charge is 2.41. The molecule has 0 unspecified atom stereocenters. The van der Waals surface area contributed by atoms with Crippen molar-refractivity contribution in [2.75, 3.05) is 29.0 Å². The maximum Gasteiger partial charge on any atom is 0.425 e. The van der Waals surface area contributed by atoms with Crippen LogP contribution in [0.2, 0.25) is 0 Å². The number of hydrogen-bond acceptors (Lipinski definition) is 9. The van der Waals surface area contributed by atoms with E-state index in [2.05, 4.69) is 30.8 Å². The van der Waals surface area contributed by atoms with E-state index in [0.29, 0.717) is 5.82 Å². The van der Waals surface area contributed by atoms with E-state index in [1.54, 1.807) is 4.68 Å². The van der Waals surface area contributed by atoms with Gasteiger partial charge in [0, 0.05) is 13.0 Å². The Hall–Kier alpha value is -3.00. The molecule has 1 saturated carbocycles. The number of aromatic nitrogens is 6. The highest BCUT2D eigenvalue weighted by Crippen LogP contribution is 2.37. The van der Waals surface area contributed by atoms with Gasteiger partial charge in [-0.25, -0.2) is 13.5 Å². The van der Waals surface area contributed by atoms with Gasteiger partial charge in [-0.3, -0.25) is 0 Å². The summed E-state index contributed by atoms with van der Waals surface area (Å²) < 4.78 is 72.6. The van der Waals surface area contributed by atoms with Gasteiger partial charge in [0.15, 0.2) is 23.6 Å². The molecule has 2 aromatic heterocycles. The predicted molar refractivity (Wildman–Crippen MR) is 97.8 cm³/mol. The second-order valence-corrected chi connectivity index (χ2v) is 7.55. The molecule has 1 aliphatic carbocycles. The van der Waals surface area contributed by atoms with E-state index in [-0.39, 0.29) is 36.5 Å². The third-order valence-electron chi connectivity index (χ3n) is 4.99. The fourth-order valence-electron chi connectivity index (χ4n) is 3.10. The summed E-state index contributed by atoms with van der Waals surface area (Å²) in [6.45, 7) is 0.124. The van der Waals surface area contributed by atoms with Crippen molar-refractivity contribution in [2.45, 2.75) is 57.0 Å². The van der Waals surface area contributed by atoms with Crippen molar-refractivity contribution in [3.8, 4) is 6.01 Å². The summed E-state index contributed by atoms with van der Waals surface area (Å²) in [5.41, 5.74) is 5.99. The highest BCUT2D eigenvalue weighted by molar-refractivity contribution is 5.76. The first kappa shape index (κ1) is 21.2. The van der Waals surface area contributed by atoms with Crippen molar-refractivity contribution >= 4 is 17.3 Å². The lowest BCUT2D eigenvalue weighted by atomic mass is 10.3. The summed E-state index contributed by atoms with van der Waals surface area (Å²) in [5.74, 6) is -2.67. The van der Waals surface area contributed by atoms with Gasteiger partial charge in [-0.1, -0.05) is 0 Å². The van der Waals surface area contributed by atoms with Gasteiger partial charge >= 0.3 is 12.2 Å². The van der Waals surface area contributed by atoms with Crippen LogP contribution < -0.4 is 20.7 Å². The van der Waals surface area contributed by atoms with Crippen LogP contribution in [0.25, 0.3) is 0 Å². The average Bonchev–Trinajstić information content (AvgIpc) is 3.30. The number of nitrogens with one attached hydrogen (secondary N) is 1. The van der Waals surface area contributed by atoms with Gasteiger partial charge in [0.25, 0.3) is 5.92 Å². The maximum atomic E-state index is 13.7. The lowest BCUT2D eigenvalue weighted by molar-refractivity contribution is -0.190. The molecule has 4 rings (SSSR count). The topological polar surface area (TPSA) is 120 Å². The standard InChI is InChI=1S/C16H20F5N9O/c1-8(16(19,20)21)31-14-24-12(23-6-10-26-27-28-30(10)9-2-3-9)11(22)13(25-14)29-5-4-15(17,18)7-29/h8-9H,2-7,22H2,1H3,(H,23,24,25)/t8-/m0/s1. The number of nitrogens with two attached hydrogens (primary N) is 1. The van der Waals surface area contributed by atoms with E-state index in [4.69, 9.17) is 10.5 Å². The van der Waals surface area contributed by atoms with Crippen LogP contribution in [0.5, 0.6) is 6.01 Å². The molecule has 10 nitrogen and oxygen atoms in total. The normalized spacial score (nSPS) is 19.5. The molecule has 0 bridgehead atoms. The molecule has 2 fully saturated rings. The van der Waals surface area contributed by atoms with Crippen molar-refractivity contribution < 1.29 is 26.7 Å². The summed E-state index contributed by atoms with van der Waals surface area (Å²) in [4.78, 5) is 9.00. The molecule has 0 amide bonds. The number of rotatable bonds is 7. The molecule has 2 aliphatic rings. The molecule has 170 valence electrons. The van der Waals surface area contributed by atoms with Crippen LogP contribution in [-0.4, -0.2) is 61.5 Å². The van der Waals surface area contributed by atoms with Gasteiger partial charge in [-0.15, -0.1) is 5.10 Å². The van der Waals surface area contributed by atoms with E-state index in [0.717, 1.165) is 19.8 Å². The number of nitrogen functional groups attached to an aromatic ring is 1. The Balaban J connectivity index is 1.61. The van der Waals surface area contributed by atoms with Gasteiger partial charge in [0.1, 0.15) is 5.69 Å². The molecule has 1 atom stereocenters. The zero-order valence-electron chi connectivity index (χ0n) is 16.4. The number of nitrogens with zero attached hydrogens (tertiary/aromatic N) is 7. The Kier molecular flexibility index (Phi) is 5.21. The van der Waals surface area contributed by atoms with Gasteiger partial charge < -0.3 is 20.7 Å². The SMILES string of the molecule is C[C@H](Oc1nc(NCc2nnnn2C2CC2)c(N)c(N2CCC(F)(F)C2)n1)C(F)(F)F. The largest absolute Gasteiger partial charge is 0.451 e. The smallest absolute Gasteiger partial charge is 0.425 e. The number of hydrogen-bond donors (Lipinski definition) is 2. The number of alkyl halides is 5. The van der Waals surface area contributed by atoms with Crippen LogP contribution in [0, 0.1) is 0 Å². The average molecular weight is 449 g/mol. The quantitative estimate of drug-likeness (QED) is 0.613. The second-order valence-electron chi connectivity index (χ2n) is 7.55. The lowest BCUT2D eigenvalue weighted by Gasteiger charge is -2.22. The Labute approximate surface area is 173 Å². The number of ether oxygens (including phenoxy) is 1. The van der Waals surface area contributed by atoms with Gasteiger partial charge in [-0.2, -0.15) is 23.1 Å². The van der Waals surface area contributed by atoms with Crippen LogP contribution in [0.3, 0.4) is 0 Å². The lowest BCUT2D eigenvalue weighted by Crippen LogP contribution is -2.32. The molecule has 0 radical (unpaired) electrons. The molecule has 0 spiro atoms. The maximum absolute atomic E-state index is 13.7. The minimum absolute atomic E-state index is 0.0602. The van der Waals surface area contributed by atoms with Crippen LogP contribution >= 0.6 is 0 Å². The molecule has 3 heterocycles. The zero-order chi connectivity index (χ0) is 22.4. The Bertz CT molecular complexity index is 946. The van der Waals surface area contributed by atoms with E-state index < -0.39 is 37.2 Å². The molecule has 0 aromatic carbocycles.